The maximum Gasteiger partial charge on any atom is 0.220 e. The van der Waals surface area contributed by atoms with Gasteiger partial charge in [-0.2, -0.15) is 0 Å². The SMILES string of the molecule is CCOc1ccc(N2CCC(C(N)=O)CC2)cc1. The fourth-order valence-electron chi connectivity index (χ4n) is 2.34. The van der Waals surface area contributed by atoms with E-state index in [1.54, 1.807) is 0 Å². The second-order valence-corrected chi connectivity index (χ2v) is 4.59. The minimum atomic E-state index is -0.165. The maximum atomic E-state index is 11.1. The number of piperidine rings is 1. The molecule has 18 heavy (non-hydrogen) atoms. The monoisotopic (exact) mass is 248 g/mol. The molecule has 0 saturated carbocycles. The number of anilines is 1. The Bertz CT molecular complexity index is 395. The third-order valence-corrected chi connectivity index (χ3v) is 3.41. The molecule has 1 aromatic rings. The van der Waals surface area contributed by atoms with E-state index in [-0.39, 0.29) is 11.8 Å². The van der Waals surface area contributed by atoms with Gasteiger partial charge in [-0.3, -0.25) is 4.79 Å². The van der Waals surface area contributed by atoms with E-state index in [2.05, 4.69) is 17.0 Å². The Morgan fingerprint density at radius 2 is 1.94 bits per heavy atom. The second kappa shape index (κ2) is 5.76. The molecule has 2 N–H and O–H groups in total. The normalized spacial score (nSPS) is 16.6. The molecular formula is C14H20N2O2. The van der Waals surface area contributed by atoms with Gasteiger partial charge in [-0.25, -0.2) is 0 Å². The third-order valence-electron chi connectivity index (χ3n) is 3.41. The Morgan fingerprint density at radius 3 is 2.44 bits per heavy atom. The minimum absolute atomic E-state index is 0.0453. The van der Waals surface area contributed by atoms with Crippen molar-refractivity contribution in [2.24, 2.45) is 11.7 Å². The van der Waals surface area contributed by atoms with Crippen molar-refractivity contribution in [1.82, 2.24) is 0 Å². The zero-order valence-electron chi connectivity index (χ0n) is 10.8. The predicted octanol–water partition coefficient (Wildman–Crippen LogP) is 1.79. The molecule has 1 saturated heterocycles. The van der Waals surface area contributed by atoms with Crippen LogP contribution in [0.2, 0.25) is 0 Å². The number of hydrogen-bond donors (Lipinski definition) is 1. The standard InChI is InChI=1S/C14H20N2O2/c1-2-18-13-5-3-12(4-6-13)16-9-7-11(8-10-16)14(15)17/h3-6,11H,2,7-10H2,1H3,(H2,15,17). The van der Waals surface area contributed by atoms with Crippen molar-refractivity contribution in [1.29, 1.82) is 0 Å². The highest BCUT2D eigenvalue weighted by atomic mass is 16.5. The molecule has 0 aromatic heterocycles. The van der Waals surface area contributed by atoms with Gasteiger partial charge in [0.25, 0.3) is 0 Å². The number of carbonyl (C=O) groups is 1. The van der Waals surface area contributed by atoms with Crippen LogP contribution in [0.3, 0.4) is 0 Å². The summed E-state index contributed by atoms with van der Waals surface area (Å²) in [5, 5.41) is 0. The molecule has 0 unspecified atom stereocenters. The van der Waals surface area contributed by atoms with E-state index in [0.29, 0.717) is 6.61 Å². The first-order valence-corrected chi connectivity index (χ1v) is 6.48. The summed E-state index contributed by atoms with van der Waals surface area (Å²) in [6.45, 7) is 4.44. The van der Waals surface area contributed by atoms with E-state index >= 15 is 0 Å². The topological polar surface area (TPSA) is 55.6 Å². The van der Waals surface area contributed by atoms with Crippen molar-refractivity contribution in [3.8, 4) is 5.75 Å². The van der Waals surface area contributed by atoms with Crippen molar-refractivity contribution in [2.75, 3.05) is 24.6 Å². The van der Waals surface area contributed by atoms with Gasteiger partial charge in [0.2, 0.25) is 5.91 Å². The first-order chi connectivity index (χ1) is 8.70. The van der Waals surface area contributed by atoms with Crippen LogP contribution in [0, 0.1) is 5.92 Å². The molecule has 0 aliphatic carbocycles. The summed E-state index contributed by atoms with van der Waals surface area (Å²) in [5.74, 6) is 0.776. The van der Waals surface area contributed by atoms with Gasteiger partial charge in [0, 0.05) is 24.7 Å². The summed E-state index contributed by atoms with van der Waals surface area (Å²) in [4.78, 5) is 13.4. The Hall–Kier alpha value is -1.71. The van der Waals surface area contributed by atoms with Crippen LogP contribution in [-0.4, -0.2) is 25.6 Å². The first kappa shape index (κ1) is 12.7. The molecule has 1 fully saturated rings. The molecule has 1 amide bonds. The van der Waals surface area contributed by atoms with Gasteiger partial charge in [-0.1, -0.05) is 0 Å². The molecule has 0 bridgehead atoms. The fraction of sp³-hybridized carbons (Fsp3) is 0.500. The maximum absolute atomic E-state index is 11.1. The van der Waals surface area contributed by atoms with E-state index in [0.717, 1.165) is 31.7 Å². The number of nitrogens with two attached hydrogens (primary N) is 1. The van der Waals surface area contributed by atoms with Gasteiger partial charge < -0.3 is 15.4 Å². The van der Waals surface area contributed by atoms with Gasteiger partial charge >= 0.3 is 0 Å². The summed E-state index contributed by atoms with van der Waals surface area (Å²) in [6.07, 6.45) is 1.70. The number of carbonyl (C=O) groups excluding carboxylic acids is 1. The molecule has 98 valence electrons. The largest absolute Gasteiger partial charge is 0.494 e. The van der Waals surface area contributed by atoms with Crippen molar-refractivity contribution in [3.63, 3.8) is 0 Å². The van der Waals surface area contributed by atoms with Crippen molar-refractivity contribution < 1.29 is 9.53 Å². The molecule has 1 aromatic carbocycles. The van der Waals surface area contributed by atoms with Gasteiger partial charge in [-0.15, -0.1) is 0 Å². The number of amides is 1. The Balaban J connectivity index is 1.95. The molecular weight excluding hydrogens is 228 g/mol. The van der Waals surface area contributed by atoms with Crippen LogP contribution in [0.1, 0.15) is 19.8 Å². The summed E-state index contributed by atoms with van der Waals surface area (Å²) in [5.41, 5.74) is 6.51. The van der Waals surface area contributed by atoms with Crippen molar-refractivity contribution >= 4 is 11.6 Å². The molecule has 1 aliphatic heterocycles. The Morgan fingerprint density at radius 1 is 1.33 bits per heavy atom. The Labute approximate surface area is 108 Å². The molecule has 4 nitrogen and oxygen atoms in total. The Kier molecular flexibility index (Phi) is 4.07. The molecule has 1 heterocycles. The average Bonchev–Trinajstić information content (AvgIpc) is 2.40. The predicted molar refractivity (Wildman–Crippen MR) is 71.7 cm³/mol. The van der Waals surface area contributed by atoms with Crippen molar-refractivity contribution in [3.05, 3.63) is 24.3 Å². The number of hydrogen-bond acceptors (Lipinski definition) is 3. The second-order valence-electron chi connectivity index (χ2n) is 4.59. The van der Waals surface area contributed by atoms with Gasteiger partial charge in [0.05, 0.1) is 6.61 Å². The molecule has 0 atom stereocenters. The van der Waals surface area contributed by atoms with Crippen LogP contribution < -0.4 is 15.4 Å². The molecule has 0 spiro atoms. The van der Waals surface area contributed by atoms with E-state index in [9.17, 15) is 4.79 Å². The van der Waals surface area contributed by atoms with E-state index in [1.165, 1.54) is 5.69 Å². The number of nitrogens with zero attached hydrogens (tertiary/aromatic N) is 1. The van der Waals surface area contributed by atoms with Crippen LogP contribution in [0.25, 0.3) is 0 Å². The van der Waals surface area contributed by atoms with Gasteiger partial charge in [-0.05, 0) is 44.0 Å². The highest BCUT2D eigenvalue weighted by molar-refractivity contribution is 5.77. The average molecular weight is 248 g/mol. The van der Waals surface area contributed by atoms with Crippen LogP contribution in [0.4, 0.5) is 5.69 Å². The lowest BCUT2D eigenvalue weighted by molar-refractivity contribution is -0.122. The number of ether oxygens (including phenoxy) is 1. The summed E-state index contributed by atoms with van der Waals surface area (Å²) < 4.78 is 5.42. The van der Waals surface area contributed by atoms with Crippen molar-refractivity contribution in [2.45, 2.75) is 19.8 Å². The van der Waals surface area contributed by atoms with E-state index in [4.69, 9.17) is 10.5 Å². The van der Waals surface area contributed by atoms with Crippen LogP contribution in [-0.2, 0) is 4.79 Å². The smallest absolute Gasteiger partial charge is 0.220 e. The van der Waals surface area contributed by atoms with E-state index < -0.39 is 0 Å². The van der Waals surface area contributed by atoms with E-state index in [1.807, 2.05) is 19.1 Å². The summed E-state index contributed by atoms with van der Waals surface area (Å²) >= 11 is 0. The zero-order chi connectivity index (χ0) is 13.0. The quantitative estimate of drug-likeness (QED) is 0.883. The van der Waals surface area contributed by atoms with Gasteiger partial charge in [0.15, 0.2) is 0 Å². The minimum Gasteiger partial charge on any atom is -0.494 e. The highest BCUT2D eigenvalue weighted by Crippen LogP contribution is 2.25. The van der Waals surface area contributed by atoms with Gasteiger partial charge in [0.1, 0.15) is 5.75 Å². The molecule has 4 heteroatoms. The molecule has 1 aliphatic rings. The lowest BCUT2D eigenvalue weighted by Crippen LogP contribution is -2.38. The zero-order valence-corrected chi connectivity index (χ0v) is 10.8. The number of primary amides is 1. The number of rotatable bonds is 4. The summed E-state index contributed by atoms with van der Waals surface area (Å²) in [7, 11) is 0. The highest BCUT2D eigenvalue weighted by Gasteiger charge is 2.23. The summed E-state index contributed by atoms with van der Waals surface area (Å²) in [6, 6.07) is 8.10. The third kappa shape index (κ3) is 2.94. The van der Waals surface area contributed by atoms with Crippen LogP contribution in [0.5, 0.6) is 5.75 Å². The van der Waals surface area contributed by atoms with Crippen LogP contribution >= 0.6 is 0 Å². The fourth-order valence-corrected chi connectivity index (χ4v) is 2.34. The molecule has 0 radical (unpaired) electrons. The lowest BCUT2D eigenvalue weighted by Gasteiger charge is -2.32. The first-order valence-electron chi connectivity index (χ1n) is 6.48. The lowest BCUT2D eigenvalue weighted by atomic mass is 9.96. The van der Waals surface area contributed by atoms with Crippen LogP contribution in [0.15, 0.2) is 24.3 Å². The molecule has 2 rings (SSSR count). The number of benzene rings is 1.